The van der Waals surface area contributed by atoms with E-state index in [0.29, 0.717) is 12.3 Å². The molecule has 4 nitrogen and oxygen atoms in total. The third-order valence-corrected chi connectivity index (χ3v) is 3.29. The summed E-state index contributed by atoms with van der Waals surface area (Å²) < 4.78 is 10.7. The first kappa shape index (κ1) is 15.9. The quantitative estimate of drug-likeness (QED) is 0.891. The van der Waals surface area contributed by atoms with Crippen molar-refractivity contribution in [2.75, 3.05) is 7.11 Å². The second-order valence-electron chi connectivity index (χ2n) is 5.14. The number of methoxy groups -OCH3 is 1. The molecule has 4 heteroatoms. The minimum atomic E-state index is -0.557. The lowest BCUT2D eigenvalue weighted by Crippen LogP contribution is -2.35. The zero-order valence-electron chi connectivity index (χ0n) is 13.1. The molecule has 0 aromatic heterocycles. The number of rotatable bonds is 6. The number of hydrogen-bond donors (Lipinski definition) is 1. The van der Waals surface area contributed by atoms with Gasteiger partial charge in [-0.3, -0.25) is 4.79 Å². The summed E-state index contributed by atoms with van der Waals surface area (Å²) in [5.74, 6) is 1.25. The van der Waals surface area contributed by atoms with Gasteiger partial charge in [0, 0.05) is 6.54 Å². The van der Waals surface area contributed by atoms with Gasteiger partial charge < -0.3 is 14.8 Å². The summed E-state index contributed by atoms with van der Waals surface area (Å²) >= 11 is 0. The van der Waals surface area contributed by atoms with Crippen molar-refractivity contribution in [3.63, 3.8) is 0 Å². The molecular formula is C18H21NO3. The second kappa shape index (κ2) is 7.50. The van der Waals surface area contributed by atoms with Gasteiger partial charge in [-0.2, -0.15) is 0 Å². The molecule has 116 valence electrons. The van der Waals surface area contributed by atoms with Crippen LogP contribution in [0.15, 0.2) is 48.5 Å². The van der Waals surface area contributed by atoms with Crippen LogP contribution in [0.3, 0.4) is 0 Å². The van der Waals surface area contributed by atoms with Crippen molar-refractivity contribution in [2.24, 2.45) is 0 Å². The summed E-state index contributed by atoms with van der Waals surface area (Å²) in [6.45, 7) is 4.26. The van der Waals surface area contributed by atoms with Crippen molar-refractivity contribution < 1.29 is 14.3 Å². The average molecular weight is 299 g/mol. The summed E-state index contributed by atoms with van der Waals surface area (Å²) in [6, 6.07) is 15.2. The van der Waals surface area contributed by atoms with Gasteiger partial charge in [-0.05, 0) is 43.7 Å². The Morgan fingerprint density at radius 3 is 2.45 bits per heavy atom. The fourth-order valence-corrected chi connectivity index (χ4v) is 2.07. The predicted octanol–water partition coefficient (Wildman–Crippen LogP) is 3.09. The van der Waals surface area contributed by atoms with Crippen molar-refractivity contribution >= 4 is 5.91 Å². The lowest BCUT2D eigenvalue weighted by molar-refractivity contribution is -0.127. The van der Waals surface area contributed by atoms with E-state index >= 15 is 0 Å². The topological polar surface area (TPSA) is 47.6 Å². The average Bonchev–Trinajstić information content (AvgIpc) is 2.53. The number of carbonyl (C=O) groups is 1. The van der Waals surface area contributed by atoms with Crippen LogP contribution in [0.25, 0.3) is 0 Å². The first-order valence-corrected chi connectivity index (χ1v) is 7.22. The highest BCUT2D eigenvalue weighted by molar-refractivity contribution is 5.80. The van der Waals surface area contributed by atoms with Gasteiger partial charge in [-0.15, -0.1) is 0 Å². The molecule has 2 aromatic carbocycles. The Morgan fingerprint density at radius 2 is 1.82 bits per heavy atom. The maximum Gasteiger partial charge on any atom is 0.261 e. The first-order chi connectivity index (χ1) is 10.6. The lowest BCUT2D eigenvalue weighted by atomic mass is 10.1. The molecule has 22 heavy (non-hydrogen) atoms. The van der Waals surface area contributed by atoms with E-state index in [1.54, 1.807) is 38.3 Å². The van der Waals surface area contributed by atoms with E-state index in [9.17, 15) is 4.79 Å². The molecule has 0 aliphatic carbocycles. The molecule has 0 heterocycles. The summed E-state index contributed by atoms with van der Waals surface area (Å²) in [6.07, 6.45) is -0.557. The maximum absolute atomic E-state index is 12.1. The number of benzene rings is 2. The van der Waals surface area contributed by atoms with E-state index in [1.807, 2.05) is 25.1 Å². The van der Waals surface area contributed by atoms with Crippen LogP contribution in [0, 0.1) is 6.92 Å². The fraction of sp³-hybridized carbons (Fsp3) is 0.278. The van der Waals surface area contributed by atoms with Gasteiger partial charge in [0.2, 0.25) is 0 Å². The Kier molecular flexibility index (Phi) is 5.42. The van der Waals surface area contributed by atoms with Gasteiger partial charge in [0.15, 0.2) is 6.10 Å². The predicted molar refractivity (Wildman–Crippen MR) is 86.1 cm³/mol. The monoisotopic (exact) mass is 299 g/mol. The van der Waals surface area contributed by atoms with Crippen LogP contribution in [-0.4, -0.2) is 19.1 Å². The Balaban J connectivity index is 1.86. The smallest absolute Gasteiger partial charge is 0.261 e. The molecule has 1 amide bonds. The maximum atomic E-state index is 12.1. The van der Waals surface area contributed by atoms with Crippen molar-refractivity contribution in [1.82, 2.24) is 5.32 Å². The molecule has 1 N–H and O–H groups in total. The molecule has 0 fully saturated rings. The van der Waals surface area contributed by atoms with Gasteiger partial charge in [0.25, 0.3) is 5.91 Å². The lowest BCUT2D eigenvalue weighted by Gasteiger charge is -2.15. The number of amides is 1. The molecule has 2 aromatic rings. The molecular weight excluding hydrogens is 278 g/mol. The van der Waals surface area contributed by atoms with Gasteiger partial charge in [0.05, 0.1) is 7.11 Å². The van der Waals surface area contributed by atoms with Crippen molar-refractivity contribution in [3.05, 3.63) is 59.7 Å². The van der Waals surface area contributed by atoms with E-state index in [1.165, 1.54) is 5.56 Å². The molecule has 0 spiro atoms. The zero-order chi connectivity index (χ0) is 15.9. The molecule has 0 saturated carbocycles. The number of nitrogens with one attached hydrogen (secondary N) is 1. The van der Waals surface area contributed by atoms with Crippen LogP contribution in [0.1, 0.15) is 18.1 Å². The minimum absolute atomic E-state index is 0.141. The SMILES string of the molecule is COc1ccc(O[C@H](C)C(=O)NCc2cccc(C)c2)cc1. The first-order valence-electron chi connectivity index (χ1n) is 7.22. The Labute approximate surface area is 131 Å². The molecule has 0 aliphatic heterocycles. The van der Waals surface area contributed by atoms with Gasteiger partial charge >= 0.3 is 0 Å². The highest BCUT2D eigenvalue weighted by Gasteiger charge is 2.14. The summed E-state index contributed by atoms with van der Waals surface area (Å²) in [4.78, 5) is 12.1. The van der Waals surface area contributed by atoms with Crippen molar-refractivity contribution in [3.8, 4) is 11.5 Å². The number of hydrogen-bond acceptors (Lipinski definition) is 3. The molecule has 0 radical (unpaired) electrons. The van der Waals surface area contributed by atoms with Gasteiger partial charge in [-0.25, -0.2) is 0 Å². The molecule has 2 rings (SSSR count). The van der Waals surface area contributed by atoms with Crippen LogP contribution in [0.2, 0.25) is 0 Å². The summed E-state index contributed by atoms with van der Waals surface area (Å²) in [5, 5.41) is 2.88. The highest BCUT2D eigenvalue weighted by Crippen LogP contribution is 2.18. The van der Waals surface area contributed by atoms with E-state index in [-0.39, 0.29) is 5.91 Å². The van der Waals surface area contributed by atoms with Crippen LogP contribution in [-0.2, 0) is 11.3 Å². The number of carbonyl (C=O) groups excluding carboxylic acids is 1. The molecule has 0 bridgehead atoms. The molecule has 1 atom stereocenters. The highest BCUT2D eigenvalue weighted by atomic mass is 16.5. The van der Waals surface area contributed by atoms with Gasteiger partial charge in [-0.1, -0.05) is 29.8 Å². The Morgan fingerprint density at radius 1 is 1.14 bits per heavy atom. The van der Waals surface area contributed by atoms with Crippen LogP contribution in [0.4, 0.5) is 0 Å². The number of aryl methyl sites for hydroxylation is 1. The summed E-state index contributed by atoms with van der Waals surface area (Å²) in [7, 11) is 1.61. The van der Waals surface area contributed by atoms with E-state index < -0.39 is 6.10 Å². The third-order valence-electron chi connectivity index (χ3n) is 3.29. The zero-order valence-corrected chi connectivity index (χ0v) is 13.1. The molecule has 0 unspecified atom stereocenters. The van der Waals surface area contributed by atoms with E-state index in [0.717, 1.165) is 11.3 Å². The normalized spacial score (nSPS) is 11.6. The van der Waals surface area contributed by atoms with E-state index in [2.05, 4.69) is 11.4 Å². The largest absolute Gasteiger partial charge is 0.497 e. The third kappa shape index (κ3) is 4.52. The molecule has 0 aliphatic rings. The van der Waals surface area contributed by atoms with Crippen LogP contribution < -0.4 is 14.8 Å². The van der Waals surface area contributed by atoms with E-state index in [4.69, 9.17) is 9.47 Å². The number of ether oxygens (including phenoxy) is 2. The Bertz CT molecular complexity index is 622. The van der Waals surface area contributed by atoms with Crippen molar-refractivity contribution in [1.29, 1.82) is 0 Å². The van der Waals surface area contributed by atoms with Crippen LogP contribution in [0.5, 0.6) is 11.5 Å². The fourth-order valence-electron chi connectivity index (χ4n) is 2.07. The van der Waals surface area contributed by atoms with Crippen LogP contribution >= 0.6 is 0 Å². The molecule has 0 saturated heterocycles. The summed E-state index contributed by atoms with van der Waals surface area (Å²) in [5.41, 5.74) is 2.25. The standard InChI is InChI=1S/C18H21NO3/c1-13-5-4-6-15(11-13)12-19-18(20)14(2)22-17-9-7-16(21-3)8-10-17/h4-11,14H,12H2,1-3H3,(H,19,20)/t14-/m1/s1. The minimum Gasteiger partial charge on any atom is -0.497 e. The second-order valence-corrected chi connectivity index (χ2v) is 5.14. The van der Waals surface area contributed by atoms with Gasteiger partial charge in [0.1, 0.15) is 11.5 Å². The Hall–Kier alpha value is -2.49. The van der Waals surface area contributed by atoms with Crippen molar-refractivity contribution in [2.45, 2.75) is 26.5 Å².